The summed E-state index contributed by atoms with van der Waals surface area (Å²) in [5, 5.41) is 12.1. The minimum Gasteiger partial charge on any atom is -0.456 e. The van der Waals surface area contributed by atoms with E-state index in [0.29, 0.717) is 5.56 Å². The molecule has 0 saturated carbocycles. The summed E-state index contributed by atoms with van der Waals surface area (Å²) in [6, 6.07) is 45.7. The van der Waals surface area contributed by atoms with E-state index in [2.05, 4.69) is 135 Å². The lowest BCUT2D eigenvalue weighted by molar-refractivity contribution is 0.620. The van der Waals surface area contributed by atoms with E-state index >= 15 is 0 Å². The van der Waals surface area contributed by atoms with Gasteiger partial charge in [-0.15, -0.1) is 0 Å². The summed E-state index contributed by atoms with van der Waals surface area (Å²) in [6.07, 6.45) is 0. The first-order chi connectivity index (χ1) is 21.0. The summed E-state index contributed by atoms with van der Waals surface area (Å²) in [4.78, 5) is 0. The fourth-order valence-corrected chi connectivity index (χ4v) is 7.87. The molecule has 0 bridgehead atoms. The van der Waals surface area contributed by atoms with Crippen molar-refractivity contribution < 1.29 is 4.42 Å². The van der Waals surface area contributed by atoms with Gasteiger partial charge in [-0.2, -0.15) is 5.26 Å². The van der Waals surface area contributed by atoms with Crippen molar-refractivity contribution in [3.8, 4) is 39.4 Å². The van der Waals surface area contributed by atoms with Crippen LogP contribution in [-0.4, -0.2) is 0 Å². The molecule has 0 aliphatic heterocycles. The molecule has 0 fully saturated rings. The maximum absolute atomic E-state index is 9.91. The largest absolute Gasteiger partial charge is 0.456 e. The summed E-state index contributed by atoms with van der Waals surface area (Å²) >= 11 is 0. The molecule has 6 aromatic carbocycles. The first kappa shape index (κ1) is 24.2. The average molecular weight is 550 g/mol. The van der Waals surface area contributed by atoms with Gasteiger partial charge < -0.3 is 4.42 Å². The van der Waals surface area contributed by atoms with E-state index in [9.17, 15) is 5.26 Å². The highest BCUT2D eigenvalue weighted by Crippen LogP contribution is 2.53. The zero-order chi connectivity index (χ0) is 28.9. The van der Waals surface area contributed by atoms with Crippen molar-refractivity contribution in [2.45, 2.75) is 25.2 Å². The van der Waals surface area contributed by atoms with Crippen LogP contribution in [0.5, 0.6) is 0 Å². The molecule has 0 N–H and O–H groups in total. The van der Waals surface area contributed by atoms with E-state index < -0.39 is 0 Å². The molecule has 0 spiro atoms. The van der Waals surface area contributed by atoms with Gasteiger partial charge in [-0.1, -0.05) is 105 Å². The Balaban J connectivity index is 1.27. The van der Waals surface area contributed by atoms with Gasteiger partial charge in [-0.3, -0.25) is 0 Å². The third kappa shape index (κ3) is 3.23. The van der Waals surface area contributed by atoms with Crippen LogP contribution in [0, 0.1) is 11.3 Å². The first-order valence-corrected chi connectivity index (χ1v) is 14.9. The normalized spacial score (nSPS) is 14.3. The molecule has 0 amide bonds. The molecule has 2 aliphatic rings. The highest BCUT2D eigenvalue weighted by atomic mass is 16.3. The maximum atomic E-state index is 9.91. The van der Waals surface area contributed by atoms with E-state index in [4.69, 9.17) is 4.42 Å². The Bertz CT molecular complexity index is 2300. The number of fused-ring (bicyclic) bond motifs is 10. The molecule has 0 saturated heterocycles. The number of nitriles is 1. The second-order valence-electron chi connectivity index (χ2n) is 12.4. The lowest BCUT2D eigenvalue weighted by atomic mass is 9.81. The average Bonchev–Trinajstić information content (AvgIpc) is 3.66. The van der Waals surface area contributed by atoms with E-state index in [0.717, 1.165) is 33.1 Å². The SMILES string of the molecule is CC1(C)c2ccccc2-c2ccc3c(oc4ccc(-c5cc(C#N)ccc5C5c6ccccc6-c6ccccc65)cc43)c21. The van der Waals surface area contributed by atoms with Crippen LogP contribution in [0.3, 0.4) is 0 Å². The van der Waals surface area contributed by atoms with E-state index in [1.54, 1.807) is 0 Å². The van der Waals surface area contributed by atoms with Gasteiger partial charge in [0.05, 0.1) is 11.6 Å². The van der Waals surface area contributed by atoms with Crippen LogP contribution < -0.4 is 0 Å². The minimum atomic E-state index is -0.153. The summed E-state index contributed by atoms with van der Waals surface area (Å²) in [6.45, 7) is 4.60. The Kier molecular flexibility index (Phi) is 4.83. The Morgan fingerprint density at radius 2 is 1.28 bits per heavy atom. The Labute approximate surface area is 250 Å². The van der Waals surface area contributed by atoms with Crippen molar-refractivity contribution in [3.63, 3.8) is 0 Å². The fourth-order valence-electron chi connectivity index (χ4n) is 7.87. The zero-order valence-electron chi connectivity index (χ0n) is 24.0. The standard InChI is InChI=1S/C41H27NO/c1-41(2)36-14-8-7-11-28(36)32-18-19-33-35-22-25(16-20-37(35)43-40(33)39(32)41)34-21-24(23-42)15-17-31(34)38-29-12-5-3-9-26(29)27-10-4-6-13-30(27)38/h3-22,38H,1-2H3. The predicted octanol–water partition coefficient (Wildman–Crippen LogP) is 10.6. The number of hydrogen-bond donors (Lipinski definition) is 0. The number of nitrogens with zero attached hydrogens (tertiary/aromatic N) is 1. The van der Waals surface area contributed by atoms with Crippen molar-refractivity contribution in [2.75, 3.05) is 0 Å². The summed E-state index contributed by atoms with van der Waals surface area (Å²) < 4.78 is 6.67. The van der Waals surface area contributed by atoms with Crippen LogP contribution in [0.1, 0.15) is 53.1 Å². The van der Waals surface area contributed by atoms with Crippen LogP contribution >= 0.6 is 0 Å². The minimum absolute atomic E-state index is 0.0921. The molecule has 0 radical (unpaired) electrons. The molecule has 43 heavy (non-hydrogen) atoms. The van der Waals surface area contributed by atoms with Crippen LogP contribution in [0.2, 0.25) is 0 Å². The molecule has 1 heterocycles. The summed E-state index contributed by atoms with van der Waals surface area (Å²) in [7, 11) is 0. The van der Waals surface area contributed by atoms with E-state index in [1.165, 1.54) is 50.1 Å². The Morgan fingerprint density at radius 3 is 2.02 bits per heavy atom. The van der Waals surface area contributed by atoms with Crippen LogP contribution in [0.4, 0.5) is 0 Å². The van der Waals surface area contributed by atoms with Gasteiger partial charge in [0.2, 0.25) is 0 Å². The smallest absolute Gasteiger partial charge is 0.140 e. The first-order valence-electron chi connectivity index (χ1n) is 14.9. The number of hydrogen-bond acceptors (Lipinski definition) is 2. The third-order valence-corrected chi connectivity index (χ3v) is 9.79. The Morgan fingerprint density at radius 1 is 0.605 bits per heavy atom. The summed E-state index contributed by atoms with van der Waals surface area (Å²) in [5.41, 5.74) is 16.1. The van der Waals surface area contributed by atoms with Gasteiger partial charge in [-0.05, 0) is 86.0 Å². The molecule has 7 aromatic rings. The lowest BCUT2D eigenvalue weighted by Crippen LogP contribution is -2.15. The van der Waals surface area contributed by atoms with E-state index in [-0.39, 0.29) is 11.3 Å². The van der Waals surface area contributed by atoms with Crippen LogP contribution in [0.25, 0.3) is 55.3 Å². The molecule has 9 rings (SSSR count). The second kappa shape index (κ2) is 8.57. The lowest BCUT2D eigenvalue weighted by Gasteiger charge is -2.21. The van der Waals surface area contributed by atoms with Crippen molar-refractivity contribution in [1.29, 1.82) is 5.26 Å². The zero-order valence-corrected chi connectivity index (χ0v) is 24.0. The highest BCUT2D eigenvalue weighted by molar-refractivity contribution is 6.10. The fraction of sp³-hybridized carbons (Fsp3) is 0.0976. The maximum Gasteiger partial charge on any atom is 0.140 e. The van der Waals surface area contributed by atoms with Gasteiger partial charge >= 0.3 is 0 Å². The van der Waals surface area contributed by atoms with Crippen LogP contribution in [-0.2, 0) is 5.41 Å². The topological polar surface area (TPSA) is 36.9 Å². The van der Waals surface area contributed by atoms with Gasteiger partial charge in [0.25, 0.3) is 0 Å². The van der Waals surface area contributed by atoms with Gasteiger partial charge in [-0.25, -0.2) is 0 Å². The van der Waals surface area contributed by atoms with Gasteiger partial charge in [0.15, 0.2) is 0 Å². The second-order valence-corrected chi connectivity index (χ2v) is 12.4. The molecule has 0 atom stereocenters. The number of rotatable bonds is 2. The van der Waals surface area contributed by atoms with Gasteiger partial charge in [0.1, 0.15) is 11.2 Å². The monoisotopic (exact) mass is 549 g/mol. The van der Waals surface area contributed by atoms with Crippen molar-refractivity contribution >= 4 is 21.9 Å². The Hall–Kier alpha value is -5.39. The van der Waals surface area contributed by atoms with Crippen LogP contribution in [0.15, 0.2) is 126 Å². The quantitative estimate of drug-likeness (QED) is 0.215. The molecule has 2 aliphatic carbocycles. The molecular formula is C41H27NO. The highest BCUT2D eigenvalue weighted by Gasteiger charge is 2.38. The van der Waals surface area contributed by atoms with E-state index in [1.807, 2.05) is 6.07 Å². The van der Waals surface area contributed by atoms with Crippen molar-refractivity contribution in [2.24, 2.45) is 0 Å². The molecule has 0 unspecified atom stereocenters. The van der Waals surface area contributed by atoms with Crippen molar-refractivity contribution in [3.05, 3.63) is 155 Å². The third-order valence-electron chi connectivity index (χ3n) is 9.79. The molecule has 202 valence electrons. The predicted molar refractivity (Wildman–Crippen MR) is 174 cm³/mol. The summed E-state index contributed by atoms with van der Waals surface area (Å²) in [5.74, 6) is 0.0921. The molecular weight excluding hydrogens is 522 g/mol. The number of benzene rings is 6. The van der Waals surface area contributed by atoms with Crippen molar-refractivity contribution in [1.82, 2.24) is 0 Å². The molecule has 2 nitrogen and oxygen atoms in total. The molecule has 2 heteroatoms. The molecule has 1 aromatic heterocycles. The number of furan rings is 1. The van der Waals surface area contributed by atoms with Gasteiger partial charge in [0, 0.05) is 27.7 Å².